The molecule has 1 atom stereocenters. The number of hydrogen-bond acceptors (Lipinski definition) is 8. The van der Waals surface area contributed by atoms with Gasteiger partial charge in [-0.2, -0.15) is 0 Å². The highest BCUT2D eigenvalue weighted by Gasteiger charge is 2.43. The Bertz CT molecular complexity index is 1440. The van der Waals surface area contributed by atoms with Crippen LogP contribution in [0.5, 0.6) is 5.88 Å². The lowest BCUT2D eigenvalue weighted by molar-refractivity contribution is -0.0344. The van der Waals surface area contributed by atoms with E-state index in [0.29, 0.717) is 50.9 Å². The molecule has 0 spiro atoms. The van der Waals surface area contributed by atoms with Crippen LogP contribution >= 0.6 is 11.6 Å². The van der Waals surface area contributed by atoms with Crippen LogP contribution in [0.1, 0.15) is 75.0 Å². The van der Waals surface area contributed by atoms with E-state index in [0.717, 1.165) is 24.1 Å². The normalized spacial score (nSPS) is 18.9. The van der Waals surface area contributed by atoms with Crippen LogP contribution in [0, 0.1) is 13.8 Å². The zero-order valence-corrected chi connectivity index (χ0v) is 25.7. The number of pyridine rings is 2. The van der Waals surface area contributed by atoms with Crippen LogP contribution in [0.4, 0.5) is 0 Å². The van der Waals surface area contributed by atoms with Gasteiger partial charge in [0.2, 0.25) is 5.88 Å². The lowest BCUT2D eigenvalue weighted by Gasteiger charge is -2.53. The van der Waals surface area contributed by atoms with E-state index >= 15 is 0 Å². The van der Waals surface area contributed by atoms with Crippen molar-refractivity contribution in [1.29, 1.82) is 0 Å². The molecule has 3 aromatic rings. The van der Waals surface area contributed by atoms with Crippen molar-refractivity contribution in [3.05, 3.63) is 75.3 Å². The second kappa shape index (κ2) is 10.8. The summed E-state index contributed by atoms with van der Waals surface area (Å²) in [6.07, 6.45) is 4.70. The predicted octanol–water partition coefficient (Wildman–Crippen LogP) is 5.29. The van der Waals surface area contributed by atoms with Crippen LogP contribution in [-0.4, -0.2) is 50.2 Å². The standard InChI is InChI=1S/C31H43ClN6O2/c1-19-10-12-24(20(2)35-19)31(39,26(17-33)37(7)34)21-11-13-25-22(16-21)27(32)23(28(36-25)40-8)18-38-29(3,4)14-9-15-30(38,5)6/h10-13,16-17,39H,9,14-15,18,33-34H2,1-8H3/b26-17-. The number of ether oxygens (including phenoxy) is 1. The molecular weight excluding hydrogens is 524 g/mol. The average molecular weight is 567 g/mol. The topological polar surface area (TPSA) is 114 Å². The Balaban J connectivity index is 1.95. The molecule has 1 unspecified atom stereocenters. The number of methoxy groups -OCH3 is 1. The summed E-state index contributed by atoms with van der Waals surface area (Å²) in [5.74, 6) is 6.69. The number of aliphatic hydroxyl groups is 1. The number of halogens is 1. The Kier molecular flexibility index (Phi) is 8.13. The monoisotopic (exact) mass is 566 g/mol. The van der Waals surface area contributed by atoms with E-state index in [2.05, 4.69) is 37.6 Å². The average Bonchev–Trinajstić information content (AvgIpc) is 2.86. The highest BCUT2D eigenvalue weighted by atomic mass is 35.5. The number of hydrogen-bond donors (Lipinski definition) is 3. The van der Waals surface area contributed by atoms with Gasteiger partial charge in [-0.3, -0.25) is 9.88 Å². The van der Waals surface area contributed by atoms with Crippen molar-refractivity contribution in [2.45, 2.75) is 84.0 Å². The van der Waals surface area contributed by atoms with Crippen LogP contribution in [0.2, 0.25) is 5.02 Å². The fraction of sp³-hybridized carbons (Fsp3) is 0.484. The molecule has 3 heterocycles. The third kappa shape index (κ3) is 5.14. The Morgan fingerprint density at radius 1 is 1.15 bits per heavy atom. The number of nitrogens with two attached hydrogens (primary N) is 2. The van der Waals surface area contributed by atoms with Crippen molar-refractivity contribution in [2.75, 3.05) is 14.2 Å². The molecule has 0 aliphatic carbocycles. The molecule has 1 aliphatic heterocycles. The zero-order valence-electron chi connectivity index (χ0n) is 25.0. The van der Waals surface area contributed by atoms with Crippen LogP contribution < -0.4 is 16.3 Å². The first-order valence-electron chi connectivity index (χ1n) is 13.7. The molecule has 9 heteroatoms. The van der Waals surface area contributed by atoms with Gasteiger partial charge < -0.3 is 20.6 Å². The number of likely N-dealkylation sites (tertiary alicyclic amines) is 1. The van der Waals surface area contributed by atoms with Crippen LogP contribution in [0.25, 0.3) is 10.9 Å². The second-order valence-corrected chi connectivity index (χ2v) is 12.5. The molecule has 216 valence electrons. The Morgan fingerprint density at radius 3 is 2.35 bits per heavy atom. The van der Waals surface area contributed by atoms with Gasteiger partial charge in [0.25, 0.3) is 0 Å². The molecular formula is C31H43ClN6O2. The van der Waals surface area contributed by atoms with Crippen LogP contribution in [-0.2, 0) is 12.1 Å². The Labute approximate surface area is 242 Å². The molecule has 1 aliphatic rings. The number of aromatic nitrogens is 2. The van der Waals surface area contributed by atoms with E-state index in [1.165, 1.54) is 17.6 Å². The van der Waals surface area contributed by atoms with Crippen molar-refractivity contribution in [3.8, 4) is 5.88 Å². The minimum Gasteiger partial charge on any atom is -0.481 e. The molecule has 4 rings (SSSR count). The summed E-state index contributed by atoms with van der Waals surface area (Å²) in [7, 11) is 3.26. The first-order chi connectivity index (χ1) is 18.7. The van der Waals surface area contributed by atoms with Gasteiger partial charge in [-0.05, 0) is 84.6 Å². The highest BCUT2D eigenvalue weighted by Crippen LogP contribution is 2.44. The van der Waals surface area contributed by atoms with Crippen molar-refractivity contribution in [1.82, 2.24) is 19.9 Å². The summed E-state index contributed by atoms with van der Waals surface area (Å²) in [6, 6.07) is 9.23. The van der Waals surface area contributed by atoms with Gasteiger partial charge in [0.1, 0.15) is 0 Å². The number of nitrogens with zero attached hydrogens (tertiary/aromatic N) is 4. The van der Waals surface area contributed by atoms with E-state index in [1.807, 2.05) is 44.2 Å². The zero-order chi connectivity index (χ0) is 29.6. The Hall–Kier alpha value is -2.91. The molecule has 1 saturated heterocycles. The summed E-state index contributed by atoms with van der Waals surface area (Å²) >= 11 is 7.21. The summed E-state index contributed by atoms with van der Waals surface area (Å²) in [5, 5.41) is 15.0. The van der Waals surface area contributed by atoms with Crippen molar-refractivity contribution < 1.29 is 9.84 Å². The summed E-state index contributed by atoms with van der Waals surface area (Å²) in [4.78, 5) is 11.9. The van der Waals surface area contributed by atoms with Gasteiger partial charge in [-0.15, -0.1) is 0 Å². The fourth-order valence-corrected chi connectivity index (χ4v) is 6.70. The third-order valence-electron chi connectivity index (χ3n) is 8.47. The minimum atomic E-state index is -1.70. The summed E-state index contributed by atoms with van der Waals surface area (Å²) in [5.41, 5.74) is 8.71. The minimum absolute atomic E-state index is 0.0182. The SMILES string of the molecule is COc1nc2ccc(C(O)(/C(=C/N)N(C)N)c3ccc(C)nc3C)cc2c(Cl)c1CN1C(C)(C)CCCC1(C)C. The molecule has 0 radical (unpaired) electrons. The number of piperidine rings is 1. The number of benzene rings is 1. The number of likely N-dealkylation sites (N-methyl/N-ethyl adjacent to an activating group) is 1. The first-order valence-corrected chi connectivity index (χ1v) is 14.1. The van der Waals surface area contributed by atoms with Gasteiger partial charge >= 0.3 is 0 Å². The van der Waals surface area contributed by atoms with Gasteiger partial charge in [-0.25, -0.2) is 10.8 Å². The van der Waals surface area contributed by atoms with E-state index in [-0.39, 0.29) is 11.1 Å². The number of rotatable bonds is 7. The van der Waals surface area contributed by atoms with Crippen molar-refractivity contribution in [3.63, 3.8) is 0 Å². The largest absolute Gasteiger partial charge is 0.481 e. The lowest BCUT2D eigenvalue weighted by atomic mass is 9.79. The molecule has 0 amide bonds. The van der Waals surface area contributed by atoms with E-state index in [9.17, 15) is 5.11 Å². The quantitative estimate of drug-likeness (QED) is 0.261. The van der Waals surface area contributed by atoms with Gasteiger partial charge in [0, 0.05) is 58.8 Å². The molecule has 5 N–H and O–H groups in total. The maximum atomic E-state index is 12.5. The van der Waals surface area contributed by atoms with Crippen molar-refractivity contribution in [2.24, 2.45) is 11.6 Å². The van der Waals surface area contributed by atoms with Gasteiger partial charge in [-0.1, -0.05) is 23.7 Å². The summed E-state index contributed by atoms with van der Waals surface area (Å²) < 4.78 is 5.76. The summed E-state index contributed by atoms with van der Waals surface area (Å²) in [6.45, 7) is 13.5. The third-order valence-corrected chi connectivity index (χ3v) is 8.90. The van der Waals surface area contributed by atoms with E-state index in [4.69, 9.17) is 32.9 Å². The molecule has 0 saturated carbocycles. The number of aryl methyl sites for hydroxylation is 2. The molecule has 40 heavy (non-hydrogen) atoms. The van der Waals surface area contributed by atoms with E-state index < -0.39 is 5.60 Å². The maximum Gasteiger partial charge on any atom is 0.219 e. The highest BCUT2D eigenvalue weighted by molar-refractivity contribution is 6.36. The second-order valence-electron chi connectivity index (χ2n) is 12.2. The molecule has 8 nitrogen and oxygen atoms in total. The van der Waals surface area contributed by atoms with Crippen molar-refractivity contribution >= 4 is 22.5 Å². The Morgan fingerprint density at radius 2 is 1.80 bits per heavy atom. The number of fused-ring (bicyclic) bond motifs is 1. The number of hydrazine groups is 1. The molecule has 2 aromatic heterocycles. The van der Waals surface area contributed by atoms with Crippen LogP contribution in [0.15, 0.2) is 42.2 Å². The van der Waals surface area contributed by atoms with Gasteiger partial charge in [0.05, 0.1) is 23.3 Å². The predicted molar refractivity (Wildman–Crippen MR) is 162 cm³/mol. The lowest BCUT2D eigenvalue weighted by Crippen LogP contribution is -2.57. The first kappa shape index (κ1) is 30.1. The van der Waals surface area contributed by atoms with Gasteiger partial charge in [0.15, 0.2) is 5.60 Å². The molecule has 1 aromatic carbocycles. The smallest absolute Gasteiger partial charge is 0.219 e. The fourth-order valence-electron chi connectivity index (χ4n) is 6.41. The van der Waals surface area contributed by atoms with E-state index in [1.54, 1.807) is 14.2 Å². The molecule has 0 bridgehead atoms. The maximum absolute atomic E-state index is 12.5. The molecule has 1 fully saturated rings. The van der Waals surface area contributed by atoms with Crippen LogP contribution in [0.3, 0.4) is 0 Å².